The number of pyridine rings is 1. The quantitative estimate of drug-likeness (QED) is 0.432. The predicted molar refractivity (Wildman–Crippen MR) is 53.1 cm³/mol. The van der Waals surface area contributed by atoms with Crippen molar-refractivity contribution in [2.75, 3.05) is 21.3 Å². The average Bonchev–Trinajstić information content (AvgIpc) is 2.31. The van der Waals surface area contributed by atoms with Gasteiger partial charge >= 0.3 is 35.5 Å². The fraction of sp³-hybridized carbons (Fsp3) is 0.333. The first-order valence-corrected chi connectivity index (χ1v) is 4.26. The Labute approximate surface area is 121 Å². The van der Waals surface area contributed by atoms with Crippen LogP contribution < -0.4 is 39.4 Å². The van der Waals surface area contributed by atoms with Gasteiger partial charge in [-0.25, -0.2) is 9.78 Å². The summed E-state index contributed by atoms with van der Waals surface area (Å²) in [5, 5.41) is 8.49. The van der Waals surface area contributed by atoms with Gasteiger partial charge in [0.05, 0.1) is 19.2 Å². The summed E-state index contributed by atoms with van der Waals surface area (Å²) in [4.78, 5) is 14.9. The van der Waals surface area contributed by atoms with E-state index >= 15 is 0 Å². The van der Waals surface area contributed by atoms with Gasteiger partial charge in [-0.1, -0.05) is 11.6 Å². The molecule has 1 rings (SSSR count). The molecule has 0 fully saturated rings. The van der Waals surface area contributed by atoms with E-state index < -0.39 is 5.97 Å². The maximum atomic E-state index is 11.1. The summed E-state index contributed by atoms with van der Waals surface area (Å²) < 4.78 is 9.30. The summed E-state index contributed by atoms with van der Waals surface area (Å²) in [5.74, 6) is -0.256. The third kappa shape index (κ3) is 5.14. The molecular weight excluding hydrogens is 245 g/mol. The van der Waals surface area contributed by atoms with Crippen LogP contribution in [0.4, 0.5) is 0 Å². The van der Waals surface area contributed by atoms with Crippen molar-refractivity contribution in [2.45, 2.75) is 0 Å². The molecule has 16 heavy (non-hydrogen) atoms. The van der Waals surface area contributed by atoms with Gasteiger partial charge < -0.3 is 14.6 Å². The number of ether oxygens (including phenoxy) is 2. The van der Waals surface area contributed by atoms with Crippen molar-refractivity contribution in [2.24, 2.45) is 0 Å². The Bertz CT molecular complexity index is 335. The van der Waals surface area contributed by atoms with Crippen molar-refractivity contribution in [3.05, 3.63) is 22.8 Å². The molecule has 0 atom stereocenters. The Morgan fingerprint density at radius 1 is 1.38 bits per heavy atom. The van der Waals surface area contributed by atoms with Crippen LogP contribution in [0.5, 0.6) is 5.88 Å². The number of hydrogen-bond acceptors (Lipinski definition) is 5. The van der Waals surface area contributed by atoms with Gasteiger partial charge in [-0.05, 0) is 6.07 Å². The number of methoxy groups -OCH3 is 2. The number of nitrogens with zero attached hydrogens (tertiary/aromatic N) is 1. The van der Waals surface area contributed by atoms with Crippen LogP contribution in [0.2, 0.25) is 5.02 Å². The molecule has 0 aliphatic heterocycles. The molecule has 0 spiro atoms. The molecule has 0 N–H and O–H groups in total. The number of hydrogen-bond donors (Lipinski definition) is 0. The molecule has 84 valence electrons. The van der Waals surface area contributed by atoms with E-state index in [1.165, 1.54) is 20.3 Å². The van der Waals surface area contributed by atoms with Crippen molar-refractivity contribution in [1.82, 2.24) is 4.98 Å². The van der Waals surface area contributed by atoms with Crippen molar-refractivity contribution < 1.29 is 48.9 Å². The van der Waals surface area contributed by atoms with Crippen LogP contribution in [0.25, 0.3) is 0 Å². The van der Waals surface area contributed by atoms with Crippen molar-refractivity contribution in [3.63, 3.8) is 0 Å². The molecule has 1 aromatic rings. The summed E-state index contributed by atoms with van der Waals surface area (Å²) in [6, 6.07) is 3.09. The summed E-state index contributed by atoms with van der Waals surface area (Å²) in [7, 11) is 3.47. The van der Waals surface area contributed by atoms with E-state index in [0.717, 1.165) is 7.11 Å². The first-order valence-electron chi connectivity index (χ1n) is 3.88. The molecule has 0 saturated heterocycles. The van der Waals surface area contributed by atoms with Crippen LogP contribution in [0.1, 0.15) is 10.5 Å². The zero-order valence-corrected chi connectivity index (χ0v) is 12.4. The van der Waals surface area contributed by atoms with E-state index in [1.54, 1.807) is 6.07 Å². The van der Waals surface area contributed by atoms with Gasteiger partial charge in [0.2, 0.25) is 5.88 Å². The van der Waals surface area contributed by atoms with Crippen LogP contribution in [0, 0.1) is 0 Å². The molecule has 0 aliphatic carbocycles. The Hall–Kier alpha value is -0.330. The van der Waals surface area contributed by atoms with E-state index in [-0.39, 0.29) is 40.3 Å². The summed E-state index contributed by atoms with van der Waals surface area (Å²) in [6.07, 6.45) is 0. The molecular formula is C9H11ClNNaO4. The monoisotopic (exact) mass is 255 g/mol. The van der Waals surface area contributed by atoms with Crippen LogP contribution in [0.15, 0.2) is 12.1 Å². The van der Waals surface area contributed by atoms with E-state index in [1.807, 2.05) is 0 Å². The van der Waals surface area contributed by atoms with E-state index in [0.29, 0.717) is 5.88 Å². The number of rotatable bonds is 2. The zero-order chi connectivity index (χ0) is 11.8. The summed E-state index contributed by atoms with van der Waals surface area (Å²) in [5.41, 5.74) is 0.0588. The fourth-order valence-corrected chi connectivity index (χ4v) is 0.960. The molecule has 0 unspecified atom stereocenters. The van der Waals surface area contributed by atoms with E-state index in [4.69, 9.17) is 21.4 Å². The smallest absolute Gasteiger partial charge is 0.857 e. The summed E-state index contributed by atoms with van der Waals surface area (Å²) >= 11 is 5.71. The molecule has 0 aromatic carbocycles. The minimum atomic E-state index is -0.580. The number of halogens is 1. The van der Waals surface area contributed by atoms with Gasteiger partial charge in [0, 0.05) is 6.07 Å². The first kappa shape index (κ1) is 18.0. The second kappa shape index (κ2) is 9.86. The van der Waals surface area contributed by atoms with Gasteiger partial charge in [0.15, 0.2) is 5.69 Å². The second-order valence-corrected chi connectivity index (χ2v) is 2.58. The number of carbonyl (C=O) groups is 1. The molecule has 0 aliphatic rings. The normalized spacial score (nSPS) is 8.06. The Balaban J connectivity index is 0. The third-order valence-corrected chi connectivity index (χ3v) is 1.71. The number of aromatic nitrogens is 1. The second-order valence-electron chi connectivity index (χ2n) is 2.18. The largest absolute Gasteiger partial charge is 1.00 e. The van der Waals surface area contributed by atoms with Crippen molar-refractivity contribution in [1.29, 1.82) is 0 Å². The third-order valence-electron chi connectivity index (χ3n) is 1.41. The van der Waals surface area contributed by atoms with E-state index in [9.17, 15) is 4.79 Å². The number of carbonyl (C=O) groups excluding carboxylic acids is 1. The topological polar surface area (TPSA) is 71.5 Å². The fourth-order valence-electron chi connectivity index (χ4n) is 0.778. The maximum absolute atomic E-state index is 11.1. The Morgan fingerprint density at radius 3 is 2.38 bits per heavy atom. The molecule has 5 nitrogen and oxygen atoms in total. The molecule has 0 radical (unpaired) electrons. The van der Waals surface area contributed by atoms with Gasteiger partial charge in [-0.2, -0.15) is 7.11 Å². The maximum Gasteiger partial charge on any atom is 1.00 e. The zero-order valence-electron chi connectivity index (χ0n) is 9.61. The molecule has 0 bridgehead atoms. The van der Waals surface area contributed by atoms with Gasteiger partial charge in [-0.15, -0.1) is 0 Å². The molecule has 0 saturated carbocycles. The van der Waals surface area contributed by atoms with Gasteiger partial charge in [0.1, 0.15) is 0 Å². The molecule has 1 aromatic heterocycles. The van der Waals surface area contributed by atoms with Crippen molar-refractivity contribution in [3.8, 4) is 5.88 Å². The number of esters is 1. The van der Waals surface area contributed by atoms with Gasteiger partial charge in [-0.3, -0.25) is 0 Å². The van der Waals surface area contributed by atoms with Crippen LogP contribution in [-0.4, -0.2) is 32.3 Å². The molecule has 7 heteroatoms. The van der Waals surface area contributed by atoms with Crippen molar-refractivity contribution >= 4 is 17.6 Å². The predicted octanol–water partition coefficient (Wildman–Crippen LogP) is -2.49. The molecule has 0 amide bonds. The van der Waals surface area contributed by atoms with Crippen LogP contribution in [0.3, 0.4) is 0 Å². The first-order chi connectivity index (χ1) is 7.19. The van der Waals surface area contributed by atoms with Gasteiger partial charge in [0.25, 0.3) is 0 Å². The van der Waals surface area contributed by atoms with Crippen LogP contribution >= 0.6 is 11.6 Å². The summed E-state index contributed by atoms with van der Waals surface area (Å²) in [6.45, 7) is 0. The molecule has 1 heterocycles. The SMILES string of the molecule is COC(=O)c1nc(OC)ccc1Cl.C[O-].[Na+]. The average molecular weight is 256 g/mol. The Kier molecular flexibility index (Phi) is 11.1. The Morgan fingerprint density at radius 2 is 1.94 bits per heavy atom. The minimum Gasteiger partial charge on any atom is -0.857 e. The standard InChI is InChI=1S/C8H8ClNO3.CH3O.Na/c1-12-6-4-3-5(9)7(10-6)8(11)13-2;1-2;/h3-4H,1-2H3;1H3;/q;-1;+1. The van der Waals surface area contributed by atoms with Crippen LogP contribution in [-0.2, 0) is 4.74 Å². The van der Waals surface area contributed by atoms with E-state index in [2.05, 4.69) is 9.72 Å². The minimum absolute atomic E-state index is 0.